The van der Waals surface area contributed by atoms with Gasteiger partial charge in [0.1, 0.15) is 5.75 Å². The number of benzene rings is 1. The van der Waals surface area contributed by atoms with Gasteiger partial charge in [-0.25, -0.2) is 0 Å². The minimum Gasteiger partial charge on any atom is -0.469 e. The van der Waals surface area contributed by atoms with Crippen molar-refractivity contribution in [3.63, 3.8) is 0 Å². The molecule has 0 saturated heterocycles. The lowest BCUT2D eigenvalue weighted by molar-refractivity contribution is -0.140. The van der Waals surface area contributed by atoms with E-state index in [1.54, 1.807) is 13.0 Å². The first-order valence-electron chi connectivity index (χ1n) is 6.23. The fourth-order valence-corrected chi connectivity index (χ4v) is 2.54. The van der Waals surface area contributed by atoms with Crippen LogP contribution in [0.5, 0.6) is 0 Å². The number of esters is 1. The maximum Gasteiger partial charge on any atom is 0.306 e. The van der Waals surface area contributed by atoms with Gasteiger partial charge in [-0.1, -0.05) is 19.1 Å². The number of ether oxygens (including phenoxy) is 1. The Morgan fingerprint density at radius 2 is 2.10 bits per heavy atom. The molecule has 1 aromatic rings. The molecule has 1 aromatic carbocycles. The molecular formula is C14H19NO4S. The average Bonchev–Trinajstić information content (AvgIpc) is 2.38. The van der Waals surface area contributed by atoms with E-state index in [0.29, 0.717) is 5.69 Å². The van der Waals surface area contributed by atoms with Crippen molar-refractivity contribution >= 4 is 28.4 Å². The molecule has 0 heterocycles. The van der Waals surface area contributed by atoms with Crippen LogP contribution in [0, 0.1) is 6.92 Å². The number of amides is 1. The smallest absolute Gasteiger partial charge is 0.306 e. The number of hydrogen-bond donors (Lipinski definition) is 1. The summed E-state index contributed by atoms with van der Waals surface area (Å²) in [6.45, 7) is 3.58. The zero-order valence-corrected chi connectivity index (χ0v) is 12.7. The Labute approximate surface area is 121 Å². The van der Waals surface area contributed by atoms with E-state index < -0.39 is 22.0 Å². The second-order valence-electron chi connectivity index (χ2n) is 4.53. The van der Waals surface area contributed by atoms with Crippen LogP contribution < -0.4 is 5.32 Å². The number of anilines is 1. The predicted octanol–water partition coefficient (Wildman–Crippen LogP) is 1.63. The van der Waals surface area contributed by atoms with Crippen molar-refractivity contribution in [1.82, 2.24) is 0 Å². The quantitative estimate of drug-likeness (QED) is 0.810. The third-order valence-corrected chi connectivity index (χ3v) is 4.32. The zero-order chi connectivity index (χ0) is 15.1. The van der Waals surface area contributed by atoms with Crippen LogP contribution in [-0.2, 0) is 25.1 Å². The van der Waals surface area contributed by atoms with Gasteiger partial charge in [0.2, 0.25) is 5.91 Å². The minimum absolute atomic E-state index is 0.0425. The number of nitrogens with one attached hydrogen (secondary N) is 1. The van der Waals surface area contributed by atoms with Gasteiger partial charge >= 0.3 is 5.97 Å². The predicted molar refractivity (Wildman–Crippen MR) is 78.9 cm³/mol. The molecule has 0 aliphatic rings. The van der Waals surface area contributed by atoms with E-state index in [4.69, 9.17) is 0 Å². The fourth-order valence-electron chi connectivity index (χ4n) is 1.60. The van der Waals surface area contributed by atoms with Crippen LogP contribution in [0.4, 0.5) is 5.69 Å². The van der Waals surface area contributed by atoms with Crippen LogP contribution >= 0.6 is 0 Å². The summed E-state index contributed by atoms with van der Waals surface area (Å²) in [5, 5.41) is 2.28. The molecule has 1 N–H and O–H groups in total. The summed E-state index contributed by atoms with van der Waals surface area (Å²) in [5.41, 5.74) is 1.70. The maximum absolute atomic E-state index is 11.9. The van der Waals surface area contributed by atoms with Gasteiger partial charge in [-0.3, -0.25) is 13.8 Å². The van der Waals surface area contributed by atoms with Gasteiger partial charge in [0.05, 0.1) is 13.5 Å². The van der Waals surface area contributed by atoms with Crippen LogP contribution in [0.3, 0.4) is 0 Å². The van der Waals surface area contributed by atoms with Crippen molar-refractivity contribution in [3.8, 4) is 0 Å². The third kappa shape index (κ3) is 5.52. The lowest BCUT2D eigenvalue weighted by Gasteiger charge is -2.10. The second kappa shape index (κ2) is 7.79. The van der Waals surface area contributed by atoms with Gasteiger partial charge in [-0.15, -0.1) is 0 Å². The Kier molecular flexibility index (Phi) is 6.38. The van der Waals surface area contributed by atoms with Gasteiger partial charge in [0, 0.05) is 21.7 Å². The highest BCUT2D eigenvalue weighted by Crippen LogP contribution is 2.10. The summed E-state index contributed by atoms with van der Waals surface area (Å²) in [6.07, 6.45) is 0.0425. The molecule has 0 saturated carbocycles. The van der Waals surface area contributed by atoms with Gasteiger partial charge in [0.25, 0.3) is 0 Å². The number of methoxy groups -OCH3 is 1. The zero-order valence-electron chi connectivity index (χ0n) is 11.8. The van der Waals surface area contributed by atoms with Gasteiger partial charge in [-0.2, -0.15) is 0 Å². The van der Waals surface area contributed by atoms with Crippen molar-refractivity contribution in [2.75, 3.05) is 18.2 Å². The Bertz CT molecular complexity index is 516. The molecular weight excluding hydrogens is 278 g/mol. The van der Waals surface area contributed by atoms with Crippen LogP contribution in [0.25, 0.3) is 0 Å². The first kappa shape index (κ1) is 16.4. The molecule has 1 rings (SSSR count). The SMILES string of the molecule is COC(=O)CC(C)S(=O)CC(=O)Nc1cccc(C)c1. The molecule has 2 unspecified atom stereocenters. The largest absolute Gasteiger partial charge is 0.469 e. The Morgan fingerprint density at radius 3 is 2.70 bits per heavy atom. The highest BCUT2D eigenvalue weighted by Gasteiger charge is 2.18. The summed E-state index contributed by atoms with van der Waals surface area (Å²) in [6, 6.07) is 7.36. The van der Waals surface area contributed by atoms with Gasteiger partial charge < -0.3 is 10.1 Å². The molecule has 0 aromatic heterocycles. The summed E-state index contributed by atoms with van der Waals surface area (Å²) in [7, 11) is -0.129. The van der Waals surface area contributed by atoms with Crippen molar-refractivity contribution in [2.45, 2.75) is 25.5 Å². The number of carbonyl (C=O) groups is 2. The summed E-state index contributed by atoms with van der Waals surface area (Å²) < 4.78 is 16.4. The first-order chi connectivity index (χ1) is 9.42. The van der Waals surface area contributed by atoms with Gasteiger partial charge in [0.15, 0.2) is 0 Å². The normalized spacial score (nSPS) is 13.3. The molecule has 20 heavy (non-hydrogen) atoms. The van der Waals surface area contributed by atoms with E-state index in [9.17, 15) is 13.8 Å². The molecule has 0 bridgehead atoms. The number of rotatable bonds is 6. The van der Waals surface area contributed by atoms with E-state index in [0.717, 1.165) is 5.56 Å². The Hall–Kier alpha value is -1.69. The summed E-state index contributed by atoms with van der Waals surface area (Å²) in [5.74, 6) is -0.887. The molecule has 0 aliphatic carbocycles. The van der Waals surface area contributed by atoms with Crippen molar-refractivity contribution in [1.29, 1.82) is 0 Å². The highest BCUT2D eigenvalue weighted by atomic mass is 32.2. The standard InChI is InChI=1S/C14H19NO4S/c1-10-5-4-6-12(7-10)15-13(16)9-20(18)11(2)8-14(17)19-3/h4-7,11H,8-9H2,1-3H3,(H,15,16). The molecule has 0 aliphatic heterocycles. The van der Waals surface area contributed by atoms with E-state index in [-0.39, 0.29) is 18.1 Å². The van der Waals surface area contributed by atoms with E-state index in [2.05, 4.69) is 10.1 Å². The minimum atomic E-state index is -1.41. The summed E-state index contributed by atoms with van der Waals surface area (Å²) >= 11 is 0. The third-order valence-electron chi connectivity index (χ3n) is 2.71. The molecule has 5 nitrogen and oxygen atoms in total. The Morgan fingerprint density at radius 1 is 1.40 bits per heavy atom. The number of hydrogen-bond acceptors (Lipinski definition) is 4. The second-order valence-corrected chi connectivity index (χ2v) is 6.39. The highest BCUT2D eigenvalue weighted by molar-refractivity contribution is 7.86. The molecule has 6 heteroatoms. The average molecular weight is 297 g/mol. The van der Waals surface area contributed by atoms with Crippen molar-refractivity contribution < 1.29 is 18.5 Å². The van der Waals surface area contributed by atoms with Crippen molar-refractivity contribution in [2.24, 2.45) is 0 Å². The molecule has 1 amide bonds. The van der Waals surface area contributed by atoms with Gasteiger partial charge in [-0.05, 0) is 24.6 Å². The van der Waals surface area contributed by atoms with Crippen molar-refractivity contribution in [3.05, 3.63) is 29.8 Å². The topological polar surface area (TPSA) is 72.5 Å². The monoisotopic (exact) mass is 297 g/mol. The summed E-state index contributed by atoms with van der Waals surface area (Å²) in [4.78, 5) is 22.9. The fraction of sp³-hybridized carbons (Fsp3) is 0.429. The molecule has 2 atom stereocenters. The molecule has 0 radical (unpaired) electrons. The van der Waals surface area contributed by atoms with Crippen LogP contribution in [-0.4, -0.2) is 34.2 Å². The number of carbonyl (C=O) groups excluding carboxylic acids is 2. The first-order valence-corrected chi connectivity index (χ1v) is 7.61. The van der Waals surface area contributed by atoms with Crippen LogP contribution in [0.1, 0.15) is 18.9 Å². The van der Waals surface area contributed by atoms with E-state index in [1.165, 1.54) is 7.11 Å². The van der Waals surface area contributed by atoms with Crippen LogP contribution in [0.2, 0.25) is 0 Å². The molecule has 0 fully saturated rings. The lowest BCUT2D eigenvalue weighted by atomic mass is 10.2. The molecule has 110 valence electrons. The van der Waals surface area contributed by atoms with Crippen LogP contribution in [0.15, 0.2) is 24.3 Å². The Balaban J connectivity index is 2.49. The maximum atomic E-state index is 11.9. The van der Waals surface area contributed by atoms with E-state index >= 15 is 0 Å². The lowest BCUT2D eigenvalue weighted by Crippen LogP contribution is -2.26. The van der Waals surface area contributed by atoms with E-state index in [1.807, 2.05) is 25.1 Å². The number of aryl methyl sites for hydroxylation is 1. The molecule has 0 spiro atoms.